The summed E-state index contributed by atoms with van der Waals surface area (Å²) in [4.78, 5) is 32.4. The second kappa shape index (κ2) is 6.74. The number of aryl methyl sites for hydroxylation is 1. The summed E-state index contributed by atoms with van der Waals surface area (Å²) in [6, 6.07) is 7.08. The maximum absolute atomic E-state index is 12.6. The molecule has 1 aromatic carbocycles. The quantitative estimate of drug-likeness (QED) is 0.855. The van der Waals surface area contributed by atoms with Crippen LogP contribution in [-0.2, 0) is 0 Å². The largest absolute Gasteiger partial charge is 0.497 e. The second-order valence-electron chi connectivity index (χ2n) is 5.57. The molecular formula is C17H19N3O4. The van der Waals surface area contributed by atoms with Gasteiger partial charge in [0.1, 0.15) is 11.5 Å². The Morgan fingerprint density at radius 3 is 2.38 bits per heavy atom. The fraction of sp³-hybridized carbons (Fsp3) is 0.353. The molecule has 1 fully saturated rings. The topological polar surface area (TPSA) is 75.9 Å². The molecule has 2 amide bonds. The Morgan fingerprint density at radius 2 is 1.79 bits per heavy atom. The fourth-order valence-corrected chi connectivity index (χ4v) is 2.71. The van der Waals surface area contributed by atoms with Crippen molar-refractivity contribution in [1.82, 2.24) is 14.8 Å². The minimum atomic E-state index is -0.158. The van der Waals surface area contributed by atoms with E-state index < -0.39 is 0 Å². The maximum Gasteiger partial charge on any atom is 0.276 e. The number of methoxy groups -OCH3 is 1. The van der Waals surface area contributed by atoms with Crippen molar-refractivity contribution in [1.29, 1.82) is 0 Å². The number of hydrogen-bond donors (Lipinski definition) is 0. The van der Waals surface area contributed by atoms with Gasteiger partial charge in [-0.25, -0.2) is 4.98 Å². The highest BCUT2D eigenvalue weighted by Crippen LogP contribution is 2.16. The van der Waals surface area contributed by atoms with E-state index in [1.807, 2.05) is 0 Å². The molecule has 1 aromatic heterocycles. The van der Waals surface area contributed by atoms with Gasteiger partial charge < -0.3 is 19.0 Å². The standard InChI is InChI=1S/C17H19N3O4/c1-12-15(18-11-24-12)17(22)20-8-6-19(7-9-20)16(21)13-4-3-5-14(10-13)23-2/h3-5,10-11H,6-9H2,1-2H3. The van der Waals surface area contributed by atoms with Gasteiger partial charge in [0.05, 0.1) is 7.11 Å². The average molecular weight is 329 g/mol. The van der Waals surface area contributed by atoms with Gasteiger partial charge in [0, 0.05) is 31.7 Å². The van der Waals surface area contributed by atoms with Gasteiger partial charge in [0.15, 0.2) is 12.1 Å². The lowest BCUT2D eigenvalue weighted by molar-refractivity contribution is 0.0531. The molecule has 0 atom stereocenters. The van der Waals surface area contributed by atoms with Gasteiger partial charge in [-0.3, -0.25) is 9.59 Å². The molecule has 0 spiro atoms. The zero-order valence-corrected chi connectivity index (χ0v) is 13.7. The molecule has 126 valence electrons. The van der Waals surface area contributed by atoms with E-state index >= 15 is 0 Å². The van der Waals surface area contributed by atoms with Gasteiger partial charge in [0.2, 0.25) is 0 Å². The van der Waals surface area contributed by atoms with Crippen LogP contribution in [0.25, 0.3) is 0 Å². The van der Waals surface area contributed by atoms with Crippen LogP contribution in [0.4, 0.5) is 0 Å². The average Bonchev–Trinajstić information content (AvgIpc) is 3.06. The number of nitrogens with zero attached hydrogens (tertiary/aromatic N) is 3. The molecule has 0 aliphatic carbocycles. The molecule has 2 aromatic rings. The van der Waals surface area contributed by atoms with Crippen molar-refractivity contribution in [2.45, 2.75) is 6.92 Å². The molecule has 7 heteroatoms. The van der Waals surface area contributed by atoms with Gasteiger partial charge in [0.25, 0.3) is 11.8 Å². The molecule has 3 rings (SSSR count). The zero-order chi connectivity index (χ0) is 17.1. The number of rotatable bonds is 3. The molecule has 0 bridgehead atoms. The van der Waals surface area contributed by atoms with Gasteiger partial charge in [-0.15, -0.1) is 0 Å². The lowest BCUT2D eigenvalue weighted by atomic mass is 10.1. The number of benzene rings is 1. The number of amides is 2. The van der Waals surface area contributed by atoms with Crippen LogP contribution in [0.5, 0.6) is 5.75 Å². The third-order valence-electron chi connectivity index (χ3n) is 4.12. The summed E-state index contributed by atoms with van der Waals surface area (Å²) in [5, 5.41) is 0. The summed E-state index contributed by atoms with van der Waals surface area (Å²) >= 11 is 0. The lowest BCUT2D eigenvalue weighted by Crippen LogP contribution is -2.50. The molecule has 0 radical (unpaired) electrons. The number of aromatic nitrogens is 1. The van der Waals surface area contributed by atoms with Crippen molar-refractivity contribution >= 4 is 11.8 Å². The number of carbonyl (C=O) groups is 2. The Hall–Kier alpha value is -2.83. The van der Waals surface area contributed by atoms with E-state index in [4.69, 9.17) is 9.15 Å². The molecule has 24 heavy (non-hydrogen) atoms. The van der Waals surface area contributed by atoms with Gasteiger partial charge in [-0.2, -0.15) is 0 Å². The Labute approximate surface area is 139 Å². The molecule has 7 nitrogen and oxygen atoms in total. The number of piperazine rings is 1. The van der Waals surface area contributed by atoms with Crippen molar-refractivity contribution in [3.8, 4) is 5.75 Å². The Balaban J connectivity index is 1.63. The third-order valence-corrected chi connectivity index (χ3v) is 4.12. The first-order valence-electron chi connectivity index (χ1n) is 7.73. The number of hydrogen-bond acceptors (Lipinski definition) is 5. The SMILES string of the molecule is COc1cccc(C(=O)N2CCN(C(=O)c3ncoc3C)CC2)c1. The first-order chi connectivity index (χ1) is 11.6. The van der Waals surface area contributed by atoms with Crippen molar-refractivity contribution < 1.29 is 18.7 Å². The van der Waals surface area contributed by atoms with Crippen LogP contribution in [0.3, 0.4) is 0 Å². The normalized spacial score (nSPS) is 14.6. The molecule has 1 aliphatic heterocycles. The van der Waals surface area contributed by atoms with Crippen LogP contribution in [-0.4, -0.2) is 59.9 Å². The Kier molecular flexibility index (Phi) is 4.50. The Bertz CT molecular complexity index is 748. The van der Waals surface area contributed by atoms with Crippen LogP contribution in [0.15, 0.2) is 35.1 Å². The molecular weight excluding hydrogens is 310 g/mol. The van der Waals surface area contributed by atoms with E-state index in [-0.39, 0.29) is 11.8 Å². The van der Waals surface area contributed by atoms with Gasteiger partial charge in [-0.05, 0) is 25.1 Å². The van der Waals surface area contributed by atoms with Crippen LogP contribution in [0.1, 0.15) is 26.6 Å². The number of carbonyl (C=O) groups excluding carboxylic acids is 2. The molecule has 0 saturated carbocycles. The van der Waals surface area contributed by atoms with E-state index in [9.17, 15) is 9.59 Å². The van der Waals surface area contributed by atoms with Crippen LogP contribution in [0, 0.1) is 6.92 Å². The molecule has 1 saturated heterocycles. The van der Waals surface area contributed by atoms with Gasteiger partial charge in [-0.1, -0.05) is 6.07 Å². The number of oxazole rings is 1. The van der Waals surface area contributed by atoms with E-state index in [1.54, 1.807) is 48.1 Å². The van der Waals surface area contributed by atoms with Crippen LogP contribution < -0.4 is 4.74 Å². The van der Waals surface area contributed by atoms with Crippen LogP contribution in [0.2, 0.25) is 0 Å². The number of ether oxygens (including phenoxy) is 1. The highest BCUT2D eigenvalue weighted by molar-refractivity contribution is 5.95. The maximum atomic E-state index is 12.6. The molecule has 0 unspecified atom stereocenters. The van der Waals surface area contributed by atoms with Crippen molar-refractivity contribution in [2.24, 2.45) is 0 Å². The molecule has 2 heterocycles. The summed E-state index contributed by atoms with van der Waals surface area (Å²) in [7, 11) is 1.57. The minimum Gasteiger partial charge on any atom is -0.497 e. The third kappa shape index (κ3) is 3.10. The first-order valence-corrected chi connectivity index (χ1v) is 7.73. The predicted molar refractivity (Wildman–Crippen MR) is 86.0 cm³/mol. The summed E-state index contributed by atoms with van der Waals surface area (Å²) < 4.78 is 10.2. The summed E-state index contributed by atoms with van der Waals surface area (Å²) in [5.41, 5.74) is 0.920. The molecule has 0 N–H and O–H groups in total. The lowest BCUT2D eigenvalue weighted by Gasteiger charge is -2.34. The first kappa shape index (κ1) is 16.0. The van der Waals surface area contributed by atoms with Crippen molar-refractivity contribution in [2.75, 3.05) is 33.3 Å². The van der Waals surface area contributed by atoms with E-state index in [1.165, 1.54) is 6.39 Å². The zero-order valence-electron chi connectivity index (χ0n) is 13.7. The van der Waals surface area contributed by atoms with E-state index in [0.717, 1.165) is 0 Å². The summed E-state index contributed by atoms with van der Waals surface area (Å²) in [6.45, 7) is 3.63. The highest BCUT2D eigenvalue weighted by atomic mass is 16.5. The summed E-state index contributed by atoms with van der Waals surface area (Å²) in [6.07, 6.45) is 1.27. The smallest absolute Gasteiger partial charge is 0.276 e. The fourth-order valence-electron chi connectivity index (χ4n) is 2.71. The van der Waals surface area contributed by atoms with Crippen LogP contribution >= 0.6 is 0 Å². The Morgan fingerprint density at radius 1 is 1.12 bits per heavy atom. The van der Waals surface area contributed by atoms with Crippen molar-refractivity contribution in [3.63, 3.8) is 0 Å². The predicted octanol–water partition coefficient (Wildman–Crippen LogP) is 1.59. The van der Waals surface area contributed by atoms with Crippen molar-refractivity contribution in [3.05, 3.63) is 47.7 Å². The van der Waals surface area contributed by atoms with Gasteiger partial charge >= 0.3 is 0 Å². The molecule has 1 aliphatic rings. The minimum absolute atomic E-state index is 0.0568. The monoisotopic (exact) mass is 329 g/mol. The second-order valence-corrected chi connectivity index (χ2v) is 5.57. The van der Waals surface area contributed by atoms with E-state index in [0.29, 0.717) is 48.9 Å². The summed E-state index contributed by atoms with van der Waals surface area (Å²) in [5.74, 6) is 0.944. The van der Waals surface area contributed by atoms with E-state index in [2.05, 4.69) is 4.98 Å². The highest BCUT2D eigenvalue weighted by Gasteiger charge is 2.27.